The summed E-state index contributed by atoms with van der Waals surface area (Å²) in [5, 5.41) is 11.3. The van der Waals surface area contributed by atoms with E-state index in [0.717, 1.165) is 11.3 Å². The predicted molar refractivity (Wildman–Crippen MR) is 63.9 cm³/mol. The Morgan fingerprint density at radius 3 is 2.62 bits per heavy atom. The van der Waals surface area contributed by atoms with Crippen LogP contribution < -0.4 is 11.1 Å². The second-order valence-corrected chi connectivity index (χ2v) is 3.67. The van der Waals surface area contributed by atoms with Gasteiger partial charge in [-0.05, 0) is 30.5 Å². The number of hydrogen-bond acceptors (Lipinski definition) is 3. The van der Waals surface area contributed by atoms with Crippen molar-refractivity contribution in [3.05, 3.63) is 29.8 Å². The van der Waals surface area contributed by atoms with Gasteiger partial charge in [-0.2, -0.15) is 0 Å². The maximum atomic E-state index is 11.3. The van der Waals surface area contributed by atoms with Crippen molar-refractivity contribution in [1.82, 2.24) is 5.32 Å². The van der Waals surface area contributed by atoms with Gasteiger partial charge in [0.25, 0.3) is 0 Å². The first-order valence-corrected chi connectivity index (χ1v) is 5.44. The van der Waals surface area contributed by atoms with Crippen LogP contribution in [0.3, 0.4) is 0 Å². The summed E-state index contributed by atoms with van der Waals surface area (Å²) in [6.07, 6.45) is 1.79. The quantitative estimate of drug-likeness (QED) is 0.490. The van der Waals surface area contributed by atoms with Crippen molar-refractivity contribution in [3.63, 3.8) is 0 Å². The van der Waals surface area contributed by atoms with Crippen molar-refractivity contribution >= 4 is 11.6 Å². The second kappa shape index (κ2) is 6.85. The third kappa shape index (κ3) is 4.79. The number of nitrogen functional groups attached to an aromatic ring is 1. The number of rotatable bonds is 6. The van der Waals surface area contributed by atoms with Crippen LogP contribution in [0.5, 0.6) is 0 Å². The van der Waals surface area contributed by atoms with Crippen LogP contribution in [0.4, 0.5) is 5.69 Å². The van der Waals surface area contributed by atoms with Gasteiger partial charge in [-0.1, -0.05) is 12.1 Å². The fourth-order valence-corrected chi connectivity index (χ4v) is 1.34. The maximum Gasteiger partial charge on any atom is 0.220 e. The van der Waals surface area contributed by atoms with Gasteiger partial charge in [-0.3, -0.25) is 4.79 Å². The number of anilines is 1. The zero-order chi connectivity index (χ0) is 11.8. The van der Waals surface area contributed by atoms with Gasteiger partial charge in [0, 0.05) is 25.3 Å². The Morgan fingerprint density at radius 1 is 1.31 bits per heavy atom. The first kappa shape index (κ1) is 12.5. The monoisotopic (exact) mass is 222 g/mol. The fraction of sp³-hybridized carbons (Fsp3) is 0.417. The number of aliphatic hydroxyl groups excluding tert-OH is 1. The highest BCUT2D eigenvalue weighted by molar-refractivity contribution is 5.76. The lowest BCUT2D eigenvalue weighted by molar-refractivity contribution is -0.121. The summed E-state index contributed by atoms with van der Waals surface area (Å²) in [6, 6.07) is 7.52. The summed E-state index contributed by atoms with van der Waals surface area (Å²) < 4.78 is 0. The molecule has 4 N–H and O–H groups in total. The Labute approximate surface area is 95.5 Å². The van der Waals surface area contributed by atoms with E-state index in [0.29, 0.717) is 25.8 Å². The molecular formula is C12H18N2O2. The van der Waals surface area contributed by atoms with Crippen molar-refractivity contribution < 1.29 is 9.90 Å². The van der Waals surface area contributed by atoms with E-state index in [-0.39, 0.29) is 12.5 Å². The van der Waals surface area contributed by atoms with Gasteiger partial charge in [-0.15, -0.1) is 0 Å². The van der Waals surface area contributed by atoms with Crippen LogP contribution in [-0.2, 0) is 11.2 Å². The third-order valence-corrected chi connectivity index (χ3v) is 2.28. The van der Waals surface area contributed by atoms with Gasteiger partial charge in [0.05, 0.1) is 0 Å². The molecule has 0 saturated heterocycles. The van der Waals surface area contributed by atoms with Crippen LogP contribution in [0.25, 0.3) is 0 Å². The van der Waals surface area contributed by atoms with E-state index in [1.807, 2.05) is 24.3 Å². The SMILES string of the molecule is Nc1ccc(CCC(=O)NCCCO)cc1. The summed E-state index contributed by atoms with van der Waals surface area (Å²) in [4.78, 5) is 11.3. The van der Waals surface area contributed by atoms with Crippen LogP contribution in [0.1, 0.15) is 18.4 Å². The smallest absolute Gasteiger partial charge is 0.220 e. The molecule has 0 spiro atoms. The summed E-state index contributed by atoms with van der Waals surface area (Å²) >= 11 is 0. The number of hydrogen-bond donors (Lipinski definition) is 3. The van der Waals surface area contributed by atoms with E-state index in [2.05, 4.69) is 5.32 Å². The molecule has 0 bridgehead atoms. The lowest BCUT2D eigenvalue weighted by Gasteiger charge is -2.04. The average molecular weight is 222 g/mol. The number of benzene rings is 1. The van der Waals surface area contributed by atoms with Crippen molar-refractivity contribution in [2.45, 2.75) is 19.3 Å². The Balaban J connectivity index is 2.23. The minimum atomic E-state index is 0.0188. The number of carbonyl (C=O) groups is 1. The molecule has 16 heavy (non-hydrogen) atoms. The standard InChI is InChI=1S/C12H18N2O2/c13-11-5-2-10(3-6-11)4-7-12(16)14-8-1-9-15/h2-3,5-6,15H,1,4,7-9,13H2,(H,14,16). The Morgan fingerprint density at radius 2 is 2.00 bits per heavy atom. The number of carbonyl (C=O) groups excluding carboxylic acids is 1. The van der Waals surface area contributed by atoms with Crippen LogP contribution in [0, 0.1) is 0 Å². The van der Waals surface area contributed by atoms with Crippen LogP contribution in [0.2, 0.25) is 0 Å². The van der Waals surface area contributed by atoms with Crippen LogP contribution >= 0.6 is 0 Å². The summed E-state index contributed by atoms with van der Waals surface area (Å²) in [6.45, 7) is 0.648. The zero-order valence-electron chi connectivity index (χ0n) is 9.28. The highest BCUT2D eigenvalue weighted by atomic mass is 16.3. The van der Waals surface area contributed by atoms with Gasteiger partial charge >= 0.3 is 0 Å². The number of amides is 1. The van der Waals surface area contributed by atoms with Gasteiger partial charge in [0.2, 0.25) is 5.91 Å². The third-order valence-electron chi connectivity index (χ3n) is 2.28. The first-order chi connectivity index (χ1) is 7.72. The topological polar surface area (TPSA) is 75.4 Å². The highest BCUT2D eigenvalue weighted by Crippen LogP contribution is 2.07. The lowest BCUT2D eigenvalue weighted by atomic mass is 10.1. The van der Waals surface area contributed by atoms with Crippen LogP contribution in [0.15, 0.2) is 24.3 Å². The van der Waals surface area contributed by atoms with Crippen LogP contribution in [-0.4, -0.2) is 24.2 Å². The largest absolute Gasteiger partial charge is 0.399 e. The summed E-state index contributed by atoms with van der Waals surface area (Å²) in [5.74, 6) is 0.0188. The maximum absolute atomic E-state index is 11.3. The molecule has 4 heteroatoms. The molecule has 0 unspecified atom stereocenters. The van der Waals surface area contributed by atoms with E-state index in [1.54, 1.807) is 0 Å². The molecular weight excluding hydrogens is 204 g/mol. The molecule has 1 rings (SSSR count). The minimum Gasteiger partial charge on any atom is -0.399 e. The molecule has 1 aromatic carbocycles. The Kier molecular flexibility index (Phi) is 5.36. The van der Waals surface area contributed by atoms with Gasteiger partial charge < -0.3 is 16.2 Å². The van der Waals surface area contributed by atoms with E-state index >= 15 is 0 Å². The molecule has 0 atom stereocenters. The molecule has 0 radical (unpaired) electrons. The number of aliphatic hydroxyl groups is 1. The Hall–Kier alpha value is -1.55. The molecule has 0 saturated carbocycles. The van der Waals surface area contributed by atoms with Gasteiger partial charge in [-0.25, -0.2) is 0 Å². The molecule has 0 aliphatic rings. The number of nitrogens with two attached hydrogens (primary N) is 1. The number of aryl methyl sites for hydroxylation is 1. The van der Waals surface area contributed by atoms with Crippen molar-refractivity contribution in [3.8, 4) is 0 Å². The normalized spacial score (nSPS) is 10.1. The Bertz CT molecular complexity index is 322. The molecule has 0 heterocycles. The predicted octanol–water partition coefficient (Wildman–Crippen LogP) is 0.700. The van der Waals surface area contributed by atoms with E-state index in [9.17, 15) is 4.79 Å². The van der Waals surface area contributed by atoms with Crippen molar-refractivity contribution in [2.75, 3.05) is 18.9 Å². The van der Waals surface area contributed by atoms with E-state index in [4.69, 9.17) is 10.8 Å². The average Bonchev–Trinajstić information content (AvgIpc) is 2.29. The van der Waals surface area contributed by atoms with Gasteiger partial charge in [0.15, 0.2) is 0 Å². The van der Waals surface area contributed by atoms with E-state index < -0.39 is 0 Å². The molecule has 88 valence electrons. The summed E-state index contributed by atoms with van der Waals surface area (Å²) in [7, 11) is 0. The molecule has 0 fully saturated rings. The highest BCUT2D eigenvalue weighted by Gasteiger charge is 2.01. The van der Waals surface area contributed by atoms with Gasteiger partial charge in [0.1, 0.15) is 0 Å². The fourth-order valence-electron chi connectivity index (χ4n) is 1.34. The van der Waals surface area contributed by atoms with Crippen molar-refractivity contribution in [2.24, 2.45) is 0 Å². The minimum absolute atomic E-state index is 0.0188. The molecule has 0 aromatic heterocycles. The number of nitrogens with one attached hydrogen (secondary N) is 1. The molecule has 4 nitrogen and oxygen atoms in total. The van der Waals surface area contributed by atoms with E-state index in [1.165, 1.54) is 0 Å². The zero-order valence-corrected chi connectivity index (χ0v) is 9.28. The molecule has 1 amide bonds. The second-order valence-electron chi connectivity index (χ2n) is 3.67. The lowest BCUT2D eigenvalue weighted by Crippen LogP contribution is -2.25. The van der Waals surface area contributed by atoms with Crippen molar-refractivity contribution in [1.29, 1.82) is 0 Å². The molecule has 1 aromatic rings. The summed E-state index contributed by atoms with van der Waals surface area (Å²) in [5.41, 5.74) is 7.40. The molecule has 0 aliphatic carbocycles. The molecule has 0 aliphatic heterocycles. The first-order valence-electron chi connectivity index (χ1n) is 5.44.